The molecule has 0 radical (unpaired) electrons. The van der Waals surface area contributed by atoms with Gasteiger partial charge in [0.2, 0.25) is 5.79 Å². The minimum atomic E-state index is -2.52. The van der Waals surface area contributed by atoms with Gasteiger partial charge in [0.1, 0.15) is 17.9 Å². The highest BCUT2D eigenvalue weighted by atomic mass is 35.5. The van der Waals surface area contributed by atoms with Crippen LogP contribution in [-0.4, -0.2) is 125 Å². The number of carboxylic acids is 1. The van der Waals surface area contributed by atoms with E-state index in [4.69, 9.17) is 30.5 Å². The van der Waals surface area contributed by atoms with Crippen molar-refractivity contribution in [1.82, 2.24) is 4.90 Å². The zero-order valence-electron chi connectivity index (χ0n) is 39.1. The second kappa shape index (κ2) is 25.0. The second-order valence-electron chi connectivity index (χ2n) is 18.8. The first-order valence-electron chi connectivity index (χ1n) is 23.0. The number of carbonyl (C=O) groups excluding carboxylic acids is 3. The van der Waals surface area contributed by atoms with Gasteiger partial charge in [-0.2, -0.15) is 0 Å². The van der Waals surface area contributed by atoms with E-state index in [1.807, 2.05) is 63.3 Å². The van der Waals surface area contributed by atoms with Gasteiger partial charge in [-0.05, 0) is 120 Å². The Kier molecular flexibility index (Phi) is 20.9. The summed E-state index contributed by atoms with van der Waals surface area (Å²) >= 11 is 6.10. The molecule has 1 amide bonds. The van der Waals surface area contributed by atoms with Gasteiger partial charge in [-0.15, -0.1) is 0 Å². The Balaban J connectivity index is 1.46. The van der Waals surface area contributed by atoms with E-state index >= 15 is 0 Å². The summed E-state index contributed by atoms with van der Waals surface area (Å²) in [6.45, 7) is 9.70. The zero-order valence-corrected chi connectivity index (χ0v) is 39.9. The van der Waals surface area contributed by atoms with Gasteiger partial charge in [0.15, 0.2) is 0 Å². The van der Waals surface area contributed by atoms with Crippen molar-refractivity contribution in [2.75, 3.05) is 27.9 Å². The predicted molar refractivity (Wildman–Crippen MR) is 245 cm³/mol. The zero-order chi connectivity index (χ0) is 47.3. The number of likely N-dealkylation sites (tertiary alicyclic amines) is 1. The first-order chi connectivity index (χ1) is 30.3. The molecule has 64 heavy (non-hydrogen) atoms. The lowest BCUT2D eigenvalue weighted by Gasteiger charge is -2.47. The van der Waals surface area contributed by atoms with Crippen molar-refractivity contribution in [1.29, 1.82) is 0 Å². The summed E-state index contributed by atoms with van der Waals surface area (Å²) in [6.07, 6.45) is 10.3. The standard InChI is InChI=1S/C50H74ClNO12/c1-30(22-31(2)26-44(62-7)46-45(63-8)27-34(5)50(60,64-46)47(56)48(57)52-21-10-9-14-39(52)49(58)59)25-37(13-11-12-35-15-18-38(51)19-16-35)42(55)29-41(54)33(4)23-32(3)24-36-17-20-40(53)43(28-36)61-6/h11-12,15-16,18-19,24-25,31,33-34,36-37,39-41,43-46,53-54,60H,9-10,13-14,17,20-23,26-29H2,1-8H3,(H,58,59)/b12-11+,30-25+,32-24+/t31-,33-,34+,36-,37+,39-,40+,41-,43+,44-,45-,46+,50+/m0/s1. The largest absolute Gasteiger partial charge is 0.480 e. The third-order valence-corrected chi connectivity index (χ3v) is 13.8. The molecule has 1 aliphatic carbocycles. The quantitative estimate of drug-likeness (QED) is 0.0669. The lowest BCUT2D eigenvalue weighted by molar-refractivity contribution is -0.302. The number of carbonyl (C=O) groups is 4. The molecule has 0 aromatic heterocycles. The van der Waals surface area contributed by atoms with Crippen molar-refractivity contribution < 1.29 is 58.6 Å². The van der Waals surface area contributed by atoms with Crippen LogP contribution < -0.4 is 0 Å². The predicted octanol–water partition coefficient (Wildman–Crippen LogP) is 7.37. The van der Waals surface area contributed by atoms with Crippen molar-refractivity contribution >= 4 is 41.1 Å². The number of rotatable bonds is 22. The molecule has 0 bridgehead atoms. The van der Waals surface area contributed by atoms with E-state index in [-0.39, 0.29) is 55.4 Å². The lowest BCUT2D eigenvalue weighted by atomic mass is 9.82. The molecule has 13 nitrogen and oxygen atoms in total. The second-order valence-corrected chi connectivity index (χ2v) is 19.3. The van der Waals surface area contributed by atoms with Crippen molar-refractivity contribution in [2.24, 2.45) is 29.6 Å². The highest BCUT2D eigenvalue weighted by Crippen LogP contribution is 2.39. The van der Waals surface area contributed by atoms with E-state index in [9.17, 15) is 39.6 Å². The third-order valence-electron chi connectivity index (χ3n) is 13.6. The van der Waals surface area contributed by atoms with E-state index in [0.717, 1.165) is 34.5 Å². The first kappa shape index (κ1) is 53.3. The summed E-state index contributed by atoms with van der Waals surface area (Å²) in [5, 5.41) is 43.8. The number of hydrogen-bond acceptors (Lipinski definition) is 11. The van der Waals surface area contributed by atoms with E-state index in [0.29, 0.717) is 50.0 Å². The normalized spacial score (nSPS) is 29.5. The van der Waals surface area contributed by atoms with Crippen LogP contribution in [0.3, 0.4) is 0 Å². The van der Waals surface area contributed by atoms with Crippen LogP contribution in [0, 0.1) is 29.6 Å². The molecule has 0 spiro atoms. The number of piperidine rings is 1. The van der Waals surface area contributed by atoms with Gasteiger partial charge in [0, 0.05) is 51.2 Å². The minimum Gasteiger partial charge on any atom is -0.480 e. The summed E-state index contributed by atoms with van der Waals surface area (Å²) in [5.41, 5.74) is 3.04. The smallest absolute Gasteiger partial charge is 0.326 e. The Morgan fingerprint density at radius 2 is 1.64 bits per heavy atom. The average molecular weight is 917 g/mol. The number of Topliss-reactive ketones (excluding diaryl/α,β-unsaturated/α-hetero) is 2. The Bertz CT molecular complexity index is 1800. The summed E-state index contributed by atoms with van der Waals surface area (Å²) in [7, 11) is 4.64. The molecule has 4 rings (SSSR count). The van der Waals surface area contributed by atoms with Gasteiger partial charge in [-0.1, -0.05) is 80.0 Å². The number of benzene rings is 1. The molecule has 2 heterocycles. The van der Waals surface area contributed by atoms with Crippen LogP contribution >= 0.6 is 11.6 Å². The van der Waals surface area contributed by atoms with Crippen LogP contribution in [0.25, 0.3) is 6.08 Å². The van der Waals surface area contributed by atoms with Crippen LogP contribution in [0.5, 0.6) is 0 Å². The molecule has 13 atom stereocenters. The number of aliphatic hydroxyl groups excluding tert-OH is 2. The summed E-state index contributed by atoms with van der Waals surface area (Å²) in [6, 6.07) is 6.26. The summed E-state index contributed by atoms with van der Waals surface area (Å²) < 4.78 is 23.4. The first-order valence-corrected chi connectivity index (χ1v) is 23.4. The van der Waals surface area contributed by atoms with Crippen LogP contribution in [0.1, 0.15) is 117 Å². The Hall–Kier alpha value is -3.27. The molecule has 2 saturated heterocycles. The van der Waals surface area contributed by atoms with E-state index in [1.165, 1.54) is 14.2 Å². The van der Waals surface area contributed by atoms with E-state index in [1.54, 1.807) is 14.0 Å². The van der Waals surface area contributed by atoms with Crippen molar-refractivity contribution in [3.05, 3.63) is 64.2 Å². The van der Waals surface area contributed by atoms with E-state index in [2.05, 4.69) is 13.0 Å². The number of halogens is 1. The number of nitrogens with zero attached hydrogens (tertiary/aromatic N) is 1. The topological polar surface area (TPSA) is 189 Å². The number of carboxylic acid groups (broad SMARTS) is 1. The Labute approximate surface area is 385 Å². The fourth-order valence-electron chi connectivity index (χ4n) is 9.82. The highest BCUT2D eigenvalue weighted by molar-refractivity contribution is 6.39. The van der Waals surface area contributed by atoms with Crippen LogP contribution in [0.2, 0.25) is 5.02 Å². The van der Waals surface area contributed by atoms with Gasteiger partial charge in [0.05, 0.1) is 30.5 Å². The van der Waals surface area contributed by atoms with Crippen LogP contribution in [-0.2, 0) is 38.1 Å². The molecule has 1 saturated carbocycles. The highest BCUT2D eigenvalue weighted by Gasteiger charge is 2.56. The van der Waals surface area contributed by atoms with Crippen LogP contribution in [0.15, 0.2) is 53.6 Å². The average Bonchev–Trinajstić information content (AvgIpc) is 3.26. The van der Waals surface area contributed by atoms with Crippen molar-refractivity contribution in [3.63, 3.8) is 0 Å². The minimum absolute atomic E-state index is 0.00491. The lowest BCUT2D eigenvalue weighted by Crippen LogP contribution is -2.64. The van der Waals surface area contributed by atoms with Gasteiger partial charge in [-0.25, -0.2) is 4.79 Å². The number of aliphatic carboxylic acids is 1. The number of ketones is 2. The molecule has 2 aliphatic heterocycles. The number of ether oxygens (including phenoxy) is 4. The molecule has 0 unspecified atom stereocenters. The van der Waals surface area contributed by atoms with Gasteiger partial charge in [0.25, 0.3) is 11.7 Å². The Morgan fingerprint density at radius 3 is 2.28 bits per heavy atom. The van der Waals surface area contributed by atoms with E-state index < -0.39 is 71.8 Å². The molecular weight excluding hydrogens is 842 g/mol. The molecule has 1 aromatic rings. The monoisotopic (exact) mass is 915 g/mol. The van der Waals surface area contributed by atoms with Crippen molar-refractivity contribution in [3.8, 4) is 0 Å². The molecule has 4 N–H and O–H groups in total. The van der Waals surface area contributed by atoms with Gasteiger partial charge < -0.3 is 44.3 Å². The van der Waals surface area contributed by atoms with Gasteiger partial charge in [-0.3, -0.25) is 14.4 Å². The van der Waals surface area contributed by atoms with Gasteiger partial charge >= 0.3 is 5.97 Å². The maximum atomic E-state index is 14.0. The molecular formula is C50H74ClNO12. The summed E-state index contributed by atoms with van der Waals surface area (Å²) in [4.78, 5) is 54.3. The maximum Gasteiger partial charge on any atom is 0.326 e. The molecule has 14 heteroatoms. The Morgan fingerprint density at radius 1 is 0.953 bits per heavy atom. The number of aliphatic hydroxyl groups is 3. The fraction of sp³-hybridized carbons (Fsp3) is 0.680. The molecule has 1 aromatic carbocycles. The molecule has 358 valence electrons. The maximum absolute atomic E-state index is 14.0. The number of allylic oxidation sites excluding steroid dienone is 5. The number of methoxy groups -OCH3 is 3. The van der Waals surface area contributed by atoms with Crippen molar-refractivity contribution in [2.45, 2.75) is 160 Å². The number of hydrogen-bond donors (Lipinski definition) is 4. The SMILES string of the molecule is CO[C@@H](C[C@@H](C)C/C(C)=C/[C@@H](C/C=C/c1ccc(Cl)cc1)C(=O)C[C@H](O)[C@@H](C)C/C(C)=C/[C@@H]1CC[C@@H](O)[C@H](OC)C1)[C@H]1O[C@@](O)(C(=O)C(=O)N2CCCC[C@H]2C(=O)O)[C@H](C)C[C@@H]1OC. The van der Waals surface area contributed by atoms with Crippen LogP contribution in [0.4, 0.5) is 0 Å². The fourth-order valence-corrected chi connectivity index (χ4v) is 9.95. The molecule has 3 fully saturated rings. The third kappa shape index (κ3) is 14.6. The molecule has 3 aliphatic rings. The summed E-state index contributed by atoms with van der Waals surface area (Å²) in [5.74, 6) is -7.35. The number of amides is 1.